The van der Waals surface area contributed by atoms with Crippen LogP contribution in [0.3, 0.4) is 0 Å². The van der Waals surface area contributed by atoms with E-state index in [2.05, 4.69) is 0 Å². The highest BCUT2D eigenvalue weighted by atomic mass is 19.2. The second kappa shape index (κ2) is 5.46. The van der Waals surface area contributed by atoms with Crippen molar-refractivity contribution in [2.45, 2.75) is 38.1 Å². The lowest BCUT2D eigenvalue weighted by Gasteiger charge is -2.31. The summed E-state index contributed by atoms with van der Waals surface area (Å²) in [5.74, 6) is -2.46. The summed E-state index contributed by atoms with van der Waals surface area (Å²) in [4.78, 5) is 13.7. The normalized spacial score (nSPS) is 16.6. The van der Waals surface area contributed by atoms with Gasteiger partial charge in [-0.1, -0.05) is 25.3 Å². The van der Waals surface area contributed by atoms with Crippen molar-refractivity contribution in [3.8, 4) is 0 Å². The van der Waals surface area contributed by atoms with Crippen molar-refractivity contribution in [1.29, 1.82) is 0 Å². The Morgan fingerprint density at radius 2 is 1.89 bits per heavy atom. The van der Waals surface area contributed by atoms with Crippen LogP contribution >= 0.6 is 0 Å². The third-order valence-electron chi connectivity index (χ3n) is 3.62. The van der Waals surface area contributed by atoms with E-state index in [4.69, 9.17) is 0 Å². The fourth-order valence-corrected chi connectivity index (χ4v) is 2.49. The van der Waals surface area contributed by atoms with Crippen molar-refractivity contribution in [3.05, 3.63) is 35.4 Å². The molecule has 18 heavy (non-hydrogen) atoms. The molecule has 1 aromatic carbocycles. The van der Waals surface area contributed by atoms with Crippen LogP contribution in [0.25, 0.3) is 0 Å². The van der Waals surface area contributed by atoms with Gasteiger partial charge in [0.1, 0.15) is 0 Å². The third-order valence-corrected chi connectivity index (χ3v) is 3.62. The van der Waals surface area contributed by atoms with Gasteiger partial charge in [0.25, 0.3) is 5.91 Å². The van der Waals surface area contributed by atoms with Gasteiger partial charge in [-0.2, -0.15) is 0 Å². The van der Waals surface area contributed by atoms with E-state index >= 15 is 0 Å². The second-order valence-corrected chi connectivity index (χ2v) is 4.81. The molecule has 0 aliphatic heterocycles. The van der Waals surface area contributed by atoms with Crippen LogP contribution in [-0.4, -0.2) is 23.9 Å². The molecule has 1 fully saturated rings. The standard InChI is InChI=1S/C14H17F2NO/c1-17(10-6-3-2-4-7-10)14(18)11-8-5-9-12(15)13(11)16/h5,8-10H,2-4,6-7H2,1H3. The maximum Gasteiger partial charge on any atom is 0.256 e. The molecular weight excluding hydrogens is 236 g/mol. The summed E-state index contributed by atoms with van der Waals surface area (Å²) in [5, 5.41) is 0. The van der Waals surface area contributed by atoms with Crippen LogP contribution in [0.15, 0.2) is 18.2 Å². The molecule has 4 heteroatoms. The molecule has 0 radical (unpaired) electrons. The van der Waals surface area contributed by atoms with Crippen molar-refractivity contribution in [2.75, 3.05) is 7.05 Å². The minimum absolute atomic E-state index is 0.147. The lowest BCUT2D eigenvalue weighted by Crippen LogP contribution is -2.38. The molecule has 1 aliphatic rings. The number of carbonyl (C=O) groups excluding carboxylic acids is 1. The van der Waals surface area contributed by atoms with E-state index in [0.29, 0.717) is 0 Å². The summed E-state index contributed by atoms with van der Waals surface area (Å²) in [7, 11) is 1.67. The summed E-state index contributed by atoms with van der Waals surface area (Å²) in [6.45, 7) is 0. The van der Waals surface area contributed by atoms with E-state index in [1.54, 1.807) is 11.9 Å². The van der Waals surface area contributed by atoms with Crippen molar-refractivity contribution < 1.29 is 13.6 Å². The Balaban J connectivity index is 2.17. The average molecular weight is 253 g/mol. The Labute approximate surface area is 106 Å². The Bertz CT molecular complexity index is 441. The minimum Gasteiger partial charge on any atom is -0.339 e. The molecule has 0 unspecified atom stereocenters. The number of nitrogens with zero attached hydrogens (tertiary/aromatic N) is 1. The van der Waals surface area contributed by atoms with Gasteiger partial charge >= 0.3 is 0 Å². The summed E-state index contributed by atoms with van der Waals surface area (Å²) in [6, 6.07) is 3.86. The fourth-order valence-electron chi connectivity index (χ4n) is 2.49. The first-order valence-electron chi connectivity index (χ1n) is 6.32. The molecule has 1 amide bonds. The monoisotopic (exact) mass is 253 g/mol. The molecule has 0 heterocycles. The first-order valence-corrected chi connectivity index (χ1v) is 6.32. The minimum atomic E-state index is -1.05. The number of hydrogen-bond acceptors (Lipinski definition) is 1. The van der Waals surface area contributed by atoms with Crippen LogP contribution < -0.4 is 0 Å². The van der Waals surface area contributed by atoms with E-state index in [-0.39, 0.29) is 11.6 Å². The first kappa shape index (κ1) is 13.0. The lowest BCUT2D eigenvalue weighted by molar-refractivity contribution is 0.0690. The predicted octanol–water partition coefficient (Wildman–Crippen LogP) is 3.37. The quantitative estimate of drug-likeness (QED) is 0.791. The zero-order chi connectivity index (χ0) is 13.1. The van der Waals surface area contributed by atoms with Crippen LogP contribution in [0.5, 0.6) is 0 Å². The molecule has 0 aromatic heterocycles. The van der Waals surface area contributed by atoms with Crippen molar-refractivity contribution in [1.82, 2.24) is 4.90 Å². The molecular formula is C14H17F2NO. The molecule has 1 aliphatic carbocycles. The largest absolute Gasteiger partial charge is 0.339 e. The Hall–Kier alpha value is -1.45. The van der Waals surface area contributed by atoms with E-state index < -0.39 is 17.5 Å². The number of halogens is 2. The molecule has 2 rings (SSSR count). The third kappa shape index (κ3) is 2.52. The van der Waals surface area contributed by atoms with E-state index in [1.807, 2.05) is 0 Å². The van der Waals surface area contributed by atoms with Gasteiger partial charge in [-0.3, -0.25) is 4.79 Å². The van der Waals surface area contributed by atoms with E-state index in [9.17, 15) is 13.6 Å². The van der Waals surface area contributed by atoms with Gasteiger partial charge in [0.2, 0.25) is 0 Å². The summed E-state index contributed by atoms with van der Waals surface area (Å²) < 4.78 is 26.7. The topological polar surface area (TPSA) is 20.3 Å². The smallest absolute Gasteiger partial charge is 0.256 e. The maximum absolute atomic E-state index is 13.6. The van der Waals surface area contributed by atoms with Crippen LogP contribution in [0.4, 0.5) is 8.78 Å². The zero-order valence-corrected chi connectivity index (χ0v) is 10.5. The number of hydrogen-bond donors (Lipinski definition) is 0. The van der Waals surface area contributed by atoms with Gasteiger partial charge in [-0.05, 0) is 25.0 Å². The van der Waals surface area contributed by atoms with E-state index in [1.165, 1.54) is 18.6 Å². The Morgan fingerprint density at radius 3 is 2.56 bits per heavy atom. The molecule has 0 saturated heterocycles. The van der Waals surface area contributed by atoms with Crippen LogP contribution in [0.2, 0.25) is 0 Å². The summed E-state index contributed by atoms with van der Waals surface area (Å²) in [5.41, 5.74) is -0.178. The highest BCUT2D eigenvalue weighted by Gasteiger charge is 2.25. The Kier molecular flexibility index (Phi) is 3.94. The first-order chi connectivity index (χ1) is 8.61. The number of benzene rings is 1. The van der Waals surface area contributed by atoms with Gasteiger partial charge in [0, 0.05) is 13.1 Å². The van der Waals surface area contributed by atoms with Crippen molar-refractivity contribution in [2.24, 2.45) is 0 Å². The Morgan fingerprint density at radius 1 is 1.22 bits per heavy atom. The molecule has 0 N–H and O–H groups in total. The molecule has 1 aromatic rings. The van der Waals surface area contributed by atoms with Crippen molar-refractivity contribution in [3.63, 3.8) is 0 Å². The van der Waals surface area contributed by atoms with E-state index in [0.717, 1.165) is 31.7 Å². The molecule has 98 valence electrons. The van der Waals surface area contributed by atoms with Crippen LogP contribution in [-0.2, 0) is 0 Å². The van der Waals surface area contributed by atoms with Gasteiger partial charge in [0.15, 0.2) is 11.6 Å². The number of rotatable bonds is 2. The van der Waals surface area contributed by atoms with Gasteiger partial charge < -0.3 is 4.90 Å². The SMILES string of the molecule is CN(C(=O)c1cccc(F)c1F)C1CCCCC1. The van der Waals surface area contributed by atoms with Crippen LogP contribution in [0.1, 0.15) is 42.5 Å². The number of amides is 1. The average Bonchev–Trinajstić information content (AvgIpc) is 2.41. The predicted molar refractivity (Wildman–Crippen MR) is 65.3 cm³/mol. The molecule has 0 atom stereocenters. The molecule has 0 spiro atoms. The van der Waals surface area contributed by atoms with Gasteiger partial charge in [-0.15, -0.1) is 0 Å². The van der Waals surface area contributed by atoms with Gasteiger partial charge in [0.05, 0.1) is 5.56 Å². The van der Waals surface area contributed by atoms with Gasteiger partial charge in [-0.25, -0.2) is 8.78 Å². The molecule has 2 nitrogen and oxygen atoms in total. The highest BCUT2D eigenvalue weighted by molar-refractivity contribution is 5.94. The summed E-state index contributed by atoms with van der Waals surface area (Å²) >= 11 is 0. The molecule has 0 bridgehead atoms. The van der Waals surface area contributed by atoms with Crippen LogP contribution in [0, 0.1) is 11.6 Å². The lowest BCUT2D eigenvalue weighted by atomic mass is 9.94. The number of carbonyl (C=O) groups is 1. The highest BCUT2D eigenvalue weighted by Crippen LogP contribution is 2.23. The van der Waals surface area contributed by atoms with Crippen molar-refractivity contribution >= 4 is 5.91 Å². The summed E-state index contributed by atoms with van der Waals surface area (Å²) in [6.07, 6.45) is 5.26. The molecule has 1 saturated carbocycles. The fraction of sp³-hybridized carbons (Fsp3) is 0.500. The zero-order valence-electron chi connectivity index (χ0n) is 10.5. The maximum atomic E-state index is 13.6. The second-order valence-electron chi connectivity index (χ2n) is 4.81.